The minimum absolute atomic E-state index is 0.0138. The van der Waals surface area contributed by atoms with E-state index in [1.165, 1.54) is 19.2 Å². The van der Waals surface area contributed by atoms with E-state index in [2.05, 4.69) is 4.98 Å². The third-order valence-electron chi connectivity index (χ3n) is 8.51. The van der Waals surface area contributed by atoms with Gasteiger partial charge < -0.3 is 5.11 Å². The van der Waals surface area contributed by atoms with Crippen LogP contribution in [0.1, 0.15) is 36.9 Å². The number of carbonyl (C=O) groups excluding carboxylic acids is 4. The maximum Gasteiger partial charge on any atom is 0.433 e. The van der Waals surface area contributed by atoms with Crippen molar-refractivity contribution in [2.24, 2.45) is 17.8 Å². The number of aromatic hydroxyl groups is 1. The third kappa shape index (κ3) is 4.09. The molecule has 1 fully saturated rings. The van der Waals surface area contributed by atoms with Crippen LogP contribution in [0.3, 0.4) is 0 Å². The largest absolute Gasteiger partial charge is 0.508 e. The number of nitrogens with zero attached hydrogens (tertiary/aromatic N) is 3. The van der Waals surface area contributed by atoms with E-state index in [0.29, 0.717) is 17.2 Å². The summed E-state index contributed by atoms with van der Waals surface area (Å²) in [6.45, 7) is 1.54. The number of Topliss-reactive ketones (excluding diaryl/α,β-unsaturated/α-hetero) is 1. The molecular weight excluding hydrogens is 575 g/mol. The minimum atomic E-state index is -4.78. The lowest BCUT2D eigenvalue weighted by molar-refractivity contribution is -0.141. The number of para-hydroxylation sites is 1. The second-order valence-corrected chi connectivity index (χ2v) is 11.2. The van der Waals surface area contributed by atoms with E-state index in [4.69, 9.17) is 11.6 Å². The molecule has 0 radical (unpaired) electrons. The van der Waals surface area contributed by atoms with Crippen molar-refractivity contribution in [2.75, 3.05) is 12.1 Å². The van der Waals surface area contributed by atoms with Crippen LogP contribution in [-0.2, 0) is 25.4 Å². The fourth-order valence-corrected chi connectivity index (χ4v) is 6.87. The number of benzene rings is 1. The fraction of sp³-hybridized carbons (Fsp3) is 0.300. The summed E-state index contributed by atoms with van der Waals surface area (Å²) in [5, 5.41) is 12.3. The number of hydrogen-bond donors (Lipinski definition) is 1. The van der Waals surface area contributed by atoms with Crippen LogP contribution in [0.25, 0.3) is 0 Å². The Bertz CT molecular complexity index is 1690. The van der Waals surface area contributed by atoms with Crippen molar-refractivity contribution < 1.29 is 37.5 Å². The van der Waals surface area contributed by atoms with Crippen LogP contribution in [0.2, 0.25) is 5.02 Å². The number of rotatable bonds is 3. The summed E-state index contributed by atoms with van der Waals surface area (Å²) >= 11 is 6.16. The summed E-state index contributed by atoms with van der Waals surface area (Å²) in [6, 6.07) is 8.13. The van der Waals surface area contributed by atoms with E-state index in [1.54, 1.807) is 31.2 Å². The molecule has 1 aromatic heterocycles. The zero-order valence-corrected chi connectivity index (χ0v) is 23.0. The molecule has 2 heterocycles. The number of hydrazine groups is 1. The Morgan fingerprint density at radius 1 is 1.05 bits per heavy atom. The number of amides is 2. The molecule has 0 spiro atoms. The van der Waals surface area contributed by atoms with Crippen molar-refractivity contribution in [3.63, 3.8) is 0 Å². The average molecular weight is 598 g/mol. The lowest BCUT2D eigenvalue weighted by Crippen LogP contribution is -2.46. The Labute approximate surface area is 242 Å². The molecule has 1 saturated heterocycles. The number of phenolic OH excluding ortho intramolecular Hbond substituents is 1. The molecule has 12 heteroatoms. The molecule has 4 atom stereocenters. The first-order chi connectivity index (χ1) is 19.8. The molecule has 0 bridgehead atoms. The summed E-state index contributed by atoms with van der Waals surface area (Å²) < 4.78 is 40.2. The normalized spacial score (nSPS) is 25.6. The van der Waals surface area contributed by atoms with E-state index < -0.39 is 53.2 Å². The van der Waals surface area contributed by atoms with Crippen LogP contribution in [0.5, 0.6) is 5.75 Å². The fourth-order valence-electron chi connectivity index (χ4n) is 6.64. The van der Waals surface area contributed by atoms with Crippen molar-refractivity contribution in [3.05, 3.63) is 87.1 Å². The number of imide groups is 1. The smallest absolute Gasteiger partial charge is 0.433 e. The second-order valence-electron chi connectivity index (χ2n) is 10.8. The van der Waals surface area contributed by atoms with Crippen LogP contribution >= 0.6 is 11.6 Å². The standard InChI is InChI=1S/C30H23ClF3N3O5/c1-13-11-21(39)18-12-17-14(23(25(18)26(13)40)15-5-3-4-6-20(15)38)7-8-16-24(17)29(42)37(28(16)41)36(2)27-19(31)9-10-22(35-27)30(32,33)34/h3-7,9-11,16-17,23-24,38H,8,12H2,1-2H3/t16-,17+,23+,24-/m0/s1. The molecular formula is C30H23ClF3N3O5. The quantitative estimate of drug-likeness (QED) is 0.303. The monoisotopic (exact) mass is 597 g/mol. The van der Waals surface area contributed by atoms with Gasteiger partial charge in [0.25, 0.3) is 11.8 Å². The van der Waals surface area contributed by atoms with E-state index in [-0.39, 0.29) is 51.9 Å². The molecule has 1 N–H and O–H groups in total. The van der Waals surface area contributed by atoms with E-state index in [9.17, 15) is 37.5 Å². The molecule has 2 aromatic rings. The topological polar surface area (TPSA) is 108 Å². The lowest BCUT2D eigenvalue weighted by atomic mass is 9.59. The Morgan fingerprint density at radius 3 is 2.45 bits per heavy atom. The van der Waals surface area contributed by atoms with Gasteiger partial charge in [-0.1, -0.05) is 41.4 Å². The molecule has 2 amide bonds. The van der Waals surface area contributed by atoms with Gasteiger partial charge in [-0.15, -0.1) is 0 Å². The van der Waals surface area contributed by atoms with Crippen LogP contribution in [0.15, 0.2) is 70.8 Å². The van der Waals surface area contributed by atoms with E-state index in [0.717, 1.165) is 16.1 Å². The molecule has 42 heavy (non-hydrogen) atoms. The molecule has 6 rings (SSSR count). The van der Waals surface area contributed by atoms with Gasteiger partial charge in [-0.25, -0.2) is 4.98 Å². The Balaban J connectivity index is 1.43. The van der Waals surface area contributed by atoms with Crippen LogP contribution in [0, 0.1) is 17.8 Å². The van der Waals surface area contributed by atoms with Crippen LogP contribution in [-0.4, -0.2) is 45.5 Å². The SMILES string of the molecule is CC1=CC(=O)C2=C(C1=O)[C@@H](c1ccccc1O)C1=CC[C@@H]3C(=O)N(N(C)c4nc(C(F)(F)F)ccc4Cl)C(=O)[C@@H]3[C@@H]1C2. The van der Waals surface area contributed by atoms with Crippen molar-refractivity contribution in [1.82, 2.24) is 9.99 Å². The highest BCUT2D eigenvalue weighted by molar-refractivity contribution is 6.33. The lowest BCUT2D eigenvalue weighted by Gasteiger charge is -2.42. The summed E-state index contributed by atoms with van der Waals surface area (Å²) in [4.78, 5) is 57.9. The number of anilines is 1. The third-order valence-corrected chi connectivity index (χ3v) is 8.81. The van der Waals surface area contributed by atoms with Gasteiger partial charge in [0.05, 0.1) is 16.9 Å². The number of fused-ring (bicyclic) bond motifs is 3. The predicted molar refractivity (Wildman–Crippen MR) is 144 cm³/mol. The number of allylic oxidation sites excluding steroid dienone is 6. The number of halogens is 4. The maximum absolute atomic E-state index is 14.0. The van der Waals surface area contributed by atoms with Gasteiger partial charge in [0.15, 0.2) is 17.4 Å². The highest BCUT2D eigenvalue weighted by atomic mass is 35.5. The summed E-state index contributed by atoms with van der Waals surface area (Å²) in [5.74, 6) is -5.89. The Hall–Kier alpha value is -4.25. The number of aromatic nitrogens is 1. The maximum atomic E-state index is 14.0. The molecule has 216 valence electrons. The highest BCUT2D eigenvalue weighted by Crippen LogP contribution is 2.56. The first-order valence-electron chi connectivity index (χ1n) is 13.1. The summed E-state index contributed by atoms with van der Waals surface area (Å²) in [7, 11) is 1.24. The van der Waals surface area contributed by atoms with E-state index >= 15 is 0 Å². The van der Waals surface area contributed by atoms with Crippen LogP contribution < -0.4 is 5.01 Å². The first-order valence-corrected chi connectivity index (χ1v) is 13.5. The molecule has 4 aliphatic rings. The summed E-state index contributed by atoms with van der Waals surface area (Å²) in [5.41, 5.74) is 0.506. The van der Waals surface area contributed by atoms with Crippen molar-refractivity contribution in [2.45, 2.75) is 31.9 Å². The van der Waals surface area contributed by atoms with Gasteiger partial charge in [-0.2, -0.15) is 18.2 Å². The average Bonchev–Trinajstić information content (AvgIpc) is 3.20. The highest BCUT2D eigenvalue weighted by Gasteiger charge is 2.58. The number of alkyl halides is 3. The molecule has 0 saturated carbocycles. The van der Waals surface area contributed by atoms with Gasteiger partial charge in [0, 0.05) is 35.2 Å². The number of hydrogen-bond acceptors (Lipinski definition) is 7. The van der Waals surface area contributed by atoms with Gasteiger partial charge in [0.1, 0.15) is 11.4 Å². The first kappa shape index (κ1) is 27.9. The minimum Gasteiger partial charge on any atom is -0.508 e. The Morgan fingerprint density at radius 2 is 1.76 bits per heavy atom. The van der Waals surface area contributed by atoms with E-state index in [1.807, 2.05) is 0 Å². The molecule has 1 aliphatic heterocycles. The zero-order valence-electron chi connectivity index (χ0n) is 22.3. The number of ketones is 2. The van der Waals surface area contributed by atoms with Gasteiger partial charge >= 0.3 is 6.18 Å². The molecule has 1 aromatic carbocycles. The second kappa shape index (κ2) is 9.65. The zero-order chi connectivity index (χ0) is 30.2. The van der Waals surface area contributed by atoms with Gasteiger partial charge in [-0.05, 0) is 50.0 Å². The Kier molecular flexibility index (Phi) is 6.41. The predicted octanol–water partition coefficient (Wildman–Crippen LogP) is 4.94. The molecule has 0 unspecified atom stereocenters. The van der Waals surface area contributed by atoms with Gasteiger partial charge in [0.2, 0.25) is 0 Å². The summed E-state index contributed by atoms with van der Waals surface area (Å²) in [6.07, 6.45) is -1.63. The van der Waals surface area contributed by atoms with Crippen LogP contribution in [0.4, 0.5) is 19.0 Å². The van der Waals surface area contributed by atoms with Gasteiger partial charge in [-0.3, -0.25) is 24.2 Å². The molecule has 3 aliphatic carbocycles. The molecule has 8 nitrogen and oxygen atoms in total. The van der Waals surface area contributed by atoms with Crippen molar-refractivity contribution in [3.8, 4) is 5.75 Å². The van der Waals surface area contributed by atoms with Crippen molar-refractivity contribution >= 4 is 40.8 Å². The van der Waals surface area contributed by atoms with Crippen molar-refractivity contribution in [1.29, 1.82) is 0 Å². The number of carbonyl (C=O) groups is 4. The number of phenols is 1. The number of pyridine rings is 1.